The predicted molar refractivity (Wildman–Crippen MR) is 88.7 cm³/mol. The van der Waals surface area contributed by atoms with Crippen LogP contribution >= 0.6 is 0 Å². The van der Waals surface area contributed by atoms with E-state index in [0.29, 0.717) is 30.7 Å². The van der Waals surface area contributed by atoms with Gasteiger partial charge in [-0.2, -0.15) is 5.10 Å². The van der Waals surface area contributed by atoms with Crippen molar-refractivity contribution in [3.8, 4) is 11.4 Å². The van der Waals surface area contributed by atoms with Crippen LogP contribution in [-0.2, 0) is 11.2 Å². The molecule has 1 aromatic heterocycles. The average Bonchev–Trinajstić information content (AvgIpc) is 3.02. The molecule has 1 amide bonds. The van der Waals surface area contributed by atoms with Crippen molar-refractivity contribution in [1.82, 2.24) is 15.1 Å². The molecule has 2 rings (SSSR count). The molecule has 0 aliphatic carbocycles. The van der Waals surface area contributed by atoms with Crippen LogP contribution in [-0.4, -0.2) is 40.4 Å². The third kappa shape index (κ3) is 3.92. The summed E-state index contributed by atoms with van der Waals surface area (Å²) in [6.07, 6.45) is 2.57. The Balaban J connectivity index is 2.20. The van der Waals surface area contributed by atoms with E-state index >= 15 is 0 Å². The average molecular weight is 331 g/mol. The van der Waals surface area contributed by atoms with Crippen LogP contribution in [0.2, 0.25) is 0 Å². The fourth-order valence-corrected chi connectivity index (χ4v) is 2.45. The zero-order chi connectivity index (χ0) is 17.5. The van der Waals surface area contributed by atoms with Gasteiger partial charge in [-0.1, -0.05) is 19.1 Å². The van der Waals surface area contributed by atoms with Gasteiger partial charge in [-0.15, -0.1) is 0 Å². The Morgan fingerprint density at radius 1 is 1.33 bits per heavy atom. The lowest BCUT2D eigenvalue weighted by Crippen LogP contribution is -2.25. The standard InChI is InChI=1S/C17H21N3O4/c1-3-13-12(17(23)18-10-6-9-16(21)22)11-19-20(13)14-7-4-5-8-15(14)24-2/h4-5,7-8,11H,3,6,9-10H2,1-2H3,(H,18,23)(H,21,22). The maximum Gasteiger partial charge on any atom is 0.303 e. The van der Waals surface area contributed by atoms with Crippen LogP contribution in [0.15, 0.2) is 30.5 Å². The van der Waals surface area contributed by atoms with E-state index in [4.69, 9.17) is 9.84 Å². The van der Waals surface area contributed by atoms with Crippen LogP contribution in [0.1, 0.15) is 35.8 Å². The van der Waals surface area contributed by atoms with Gasteiger partial charge in [0, 0.05) is 13.0 Å². The highest BCUT2D eigenvalue weighted by Gasteiger charge is 2.18. The quantitative estimate of drug-likeness (QED) is 0.722. The highest BCUT2D eigenvalue weighted by atomic mass is 16.5. The molecule has 0 unspecified atom stereocenters. The van der Waals surface area contributed by atoms with Gasteiger partial charge in [-0.3, -0.25) is 9.59 Å². The summed E-state index contributed by atoms with van der Waals surface area (Å²) in [5.41, 5.74) is 2.02. The number of nitrogens with zero attached hydrogens (tertiary/aromatic N) is 2. The lowest BCUT2D eigenvalue weighted by Gasteiger charge is -2.11. The Morgan fingerprint density at radius 3 is 2.75 bits per heavy atom. The Morgan fingerprint density at radius 2 is 2.08 bits per heavy atom. The van der Waals surface area contributed by atoms with Gasteiger partial charge < -0.3 is 15.2 Å². The molecule has 128 valence electrons. The van der Waals surface area contributed by atoms with Crippen LogP contribution in [0.25, 0.3) is 5.69 Å². The molecule has 0 radical (unpaired) electrons. The van der Waals surface area contributed by atoms with Crippen LogP contribution < -0.4 is 10.1 Å². The third-order valence-corrected chi connectivity index (χ3v) is 3.61. The van der Waals surface area contributed by atoms with Crippen LogP contribution in [0.5, 0.6) is 5.75 Å². The first-order valence-electron chi connectivity index (χ1n) is 7.78. The van der Waals surface area contributed by atoms with Crippen LogP contribution in [0, 0.1) is 0 Å². The molecule has 7 heteroatoms. The molecule has 0 saturated heterocycles. The van der Waals surface area contributed by atoms with E-state index in [0.717, 1.165) is 11.4 Å². The van der Waals surface area contributed by atoms with Crippen molar-refractivity contribution < 1.29 is 19.4 Å². The lowest BCUT2D eigenvalue weighted by atomic mass is 10.2. The number of carboxylic acids is 1. The summed E-state index contributed by atoms with van der Waals surface area (Å²) in [5, 5.41) is 15.7. The minimum atomic E-state index is -0.873. The number of carbonyl (C=O) groups excluding carboxylic acids is 1. The number of aliphatic carboxylic acids is 1. The van der Waals surface area contributed by atoms with E-state index in [9.17, 15) is 9.59 Å². The molecule has 0 saturated carbocycles. The monoisotopic (exact) mass is 331 g/mol. The van der Waals surface area contributed by atoms with E-state index in [2.05, 4.69) is 10.4 Å². The zero-order valence-electron chi connectivity index (χ0n) is 13.8. The number of nitrogens with one attached hydrogen (secondary N) is 1. The van der Waals surface area contributed by atoms with E-state index < -0.39 is 5.97 Å². The highest BCUT2D eigenvalue weighted by molar-refractivity contribution is 5.95. The highest BCUT2D eigenvalue weighted by Crippen LogP contribution is 2.24. The number of ether oxygens (including phenoxy) is 1. The molecule has 2 N–H and O–H groups in total. The molecule has 0 aliphatic rings. The fourth-order valence-electron chi connectivity index (χ4n) is 2.45. The molecular formula is C17H21N3O4. The second-order valence-electron chi connectivity index (χ2n) is 5.20. The van der Waals surface area contributed by atoms with E-state index in [1.54, 1.807) is 11.8 Å². The van der Waals surface area contributed by atoms with Gasteiger partial charge in [0.1, 0.15) is 11.4 Å². The Bertz CT molecular complexity index is 724. The van der Waals surface area contributed by atoms with Crippen molar-refractivity contribution in [3.63, 3.8) is 0 Å². The molecule has 0 spiro atoms. The SMILES string of the molecule is CCc1c(C(=O)NCCCC(=O)O)cnn1-c1ccccc1OC. The number of carboxylic acid groups (broad SMARTS) is 1. The van der Waals surface area contributed by atoms with Crippen molar-refractivity contribution >= 4 is 11.9 Å². The van der Waals surface area contributed by atoms with Gasteiger partial charge in [0.15, 0.2) is 0 Å². The van der Waals surface area contributed by atoms with Crippen molar-refractivity contribution in [3.05, 3.63) is 41.7 Å². The number of carbonyl (C=O) groups is 2. The number of rotatable bonds is 8. The number of para-hydroxylation sites is 2. The topological polar surface area (TPSA) is 93.5 Å². The number of amides is 1. The zero-order valence-corrected chi connectivity index (χ0v) is 13.8. The van der Waals surface area contributed by atoms with Gasteiger partial charge in [0.05, 0.1) is 24.6 Å². The summed E-state index contributed by atoms with van der Waals surface area (Å²) < 4.78 is 7.05. The second-order valence-corrected chi connectivity index (χ2v) is 5.20. The summed E-state index contributed by atoms with van der Waals surface area (Å²) in [6, 6.07) is 7.46. The second kappa shape index (κ2) is 8.14. The fraction of sp³-hybridized carbons (Fsp3) is 0.353. The van der Waals surface area contributed by atoms with Gasteiger partial charge in [-0.25, -0.2) is 4.68 Å². The molecule has 1 heterocycles. The first-order valence-corrected chi connectivity index (χ1v) is 7.78. The minimum Gasteiger partial charge on any atom is -0.494 e. The maximum absolute atomic E-state index is 12.3. The number of aromatic nitrogens is 2. The largest absolute Gasteiger partial charge is 0.494 e. The number of hydrogen-bond donors (Lipinski definition) is 2. The van der Waals surface area contributed by atoms with Gasteiger partial charge in [0.2, 0.25) is 0 Å². The Hall–Kier alpha value is -2.83. The van der Waals surface area contributed by atoms with Crippen molar-refractivity contribution in [1.29, 1.82) is 0 Å². The molecule has 24 heavy (non-hydrogen) atoms. The summed E-state index contributed by atoms with van der Waals surface area (Å²) in [4.78, 5) is 22.8. The van der Waals surface area contributed by atoms with E-state index in [1.165, 1.54) is 6.20 Å². The Labute approximate surface area is 140 Å². The van der Waals surface area contributed by atoms with Crippen molar-refractivity contribution in [2.24, 2.45) is 0 Å². The van der Waals surface area contributed by atoms with Gasteiger partial charge in [-0.05, 0) is 25.0 Å². The molecule has 0 bridgehead atoms. The first-order chi connectivity index (χ1) is 11.6. The predicted octanol–water partition coefficient (Wildman–Crippen LogP) is 2.04. The summed E-state index contributed by atoms with van der Waals surface area (Å²) >= 11 is 0. The molecule has 0 aliphatic heterocycles. The summed E-state index contributed by atoms with van der Waals surface area (Å²) in [7, 11) is 1.59. The molecule has 7 nitrogen and oxygen atoms in total. The maximum atomic E-state index is 12.3. The van der Waals surface area contributed by atoms with Crippen LogP contribution in [0.3, 0.4) is 0 Å². The van der Waals surface area contributed by atoms with Crippen molar-refractivity contribution in [2.75, 3.05) is 13.7 Å². The molecule has 0 atom stereocenters. The first kappa shape index (κ1) is 17.5. The summed E-state index contributed by atoms with van der Waals surface area (Å²) in [5.74, 6) is -0.454. The number of methoxy groups -OCH3 is 1. The number of benzene rings is 1. The Kier molecular flexibility index (Phi) is 5.95. The van der Waals surface area contributed by atoms with E-state index in [1.807, 2.05) is 31.2 Å². The molecule has 0 fully saturated rings. The number of hydrogen-bond acceptors (Lipinski definition) is 4. The lowest BCUT2D eigenvalue weighted by molar-refractivity contribution is -0.137. The van der Waals surface area contributed by atoms with E-state index in [-0.39, 0.29) is 12.3 Å². The molecular weight excluding hydrogens is 310 g/mol. The minimum absolute atomic E-state index is 0.0292. The summed E-state index contributed by atoms with van der Waals surface area (Å²) in [6.45, 7) is 2.26. The van der Waals surface area contributed by atoms with Gasteiger partial charge in [0.25, 0.3) is 5.91 Å². The normalized spacial score (nSPS) is 10.4. The van der Waals surface area contributed by atoms with Gasteiger partial charge >= 0.3 is 5.97 Å². The third-order valence-electron chi connectivity index (χ3n) is 3.61. The smallest absolute Gasteiger partial charge is 0.303 e. The molecule has 2 aromatic rings. The van der Waals surface area contributed by atoms with Crippen LogP contribution in [0.4, 0.5) is 0 Å². The van der Waals surface area contributed by atoms with Crippen molar-refractivity contribution in [2.45, 2.75) is 26.2 Å². The molecule has 1 aromatic carbocycles.